The van der Waals surface area contributed by atoms with E-state index in [-0.39, 0.29) is 6.03 Å². The van der Waals surface area contributed by atoms with Crippen molar-refractivity contribution >= 4 is 28.0 Å². The first-order chi connectivity index (χ1) is 10.6. The second kappa shape index (κ2) is 8.39. The second-order valence-corrected chi connectivity index (χ2v) is 5.89. The van der Waals surface area contributed by atoms with E-state index < -0.39 is 0 Å². The van der Waals surface area contributed by atoms with Crippen LogP contribution in [0.3, 0.4) is 0 Å². The highest BCUT2D eigenvalue weighted by molar-refractivity contribution is 9.10. The Morgan fingerprint density at radius 3 is 2.77 bits per heavy atom. The number of nitrogens with one attached hydrogen (secondary N) is 2. The Balaban J connectivity index is 1.73. The summed E-state index contributed by atoms with van der Waals surface area (Å²) < 4.78 is 1.05. The minimum atomic E-state index is -0.195. The van der Waals surface area contributed by atoms with Gasteiger partial charge in [-0.15, -0.1) is 0 Å². The van der Waals surface area contributed by atoms with Gasteiger partial charge in [0.05, 0.1) is 0 Å². The molecule has 0 heterocycles. The van der Waals surface area contributed by atoms with Crippen LogP contribution in [0.2, 0.25) is 0 Å². The van der Waals surface area contributed by atoms with Crippen LogP contribution in [0.25, 0.3) is 6.08 Å². The van der Waals surface area contributed by atoms with Crippen molar-refractivity contribution in [2.24, 2.45) is 0 Å². The molecule has 2 aromatic rings. The van der Waals surface area contributed by atoms with Gasteiger partial charge in [-0.3, -0.25) is 0 Å². The van der Waals surface area contributed by atoms with E-state index in [0.717, 1.165) is 16.5 Å². The van der Waals surface area contributed by atoms with Crippen LogP contribution in [-0.2, 0) is 6.42 Å². The molecule has 2 aromatic carbocycles. The fourth-order valence-corrected chi connectivity index (χ4v) is 2.49. The second-order valence-electron chi connectivity index (χ2n) is 4.97. The lowest BCUT2D eigenvalue weighted by atomic mass is 10.1. The van der Waals surface area contributed by atoms with Gasteiger partial charge in [-0.2, -0.15) is 0 Å². The van der Waals surface area contributed by atoms with Gasteiger partial charge in [-0.1, -0.05) is 52.3 Å². The van der Waals surface area contributed by atoms with Gasteiger partial charge in [-0.25, -0.2) is 4.79 Å². The number of carbonyl (C=O) groups is 1. The van der Waals surface area contributed by atoms with E-state index in [2.05, 4.69) is 32.6 Å². The molecule has 0 aliphatic carbocycles. The largest absolute Gasteiger partial charge is 0.338 e. The van der Waals surface area contributed by atoms with Crippen LogP contribution in [0.5, 0.6) is 0 Å². The third kappa shape index (κ3) is 5.37. The molecule has 0 atom stereocenters. The van der Waals surface area contributed by atoms with Gasteiger partial charge >= 0.3 is 6.03 Å². The average Bonchev–Trinajstić information content (AvgIpc) is 2.49. The SMILES string of the molecule is Cc1ccccc1/C=C/NC(=O)NCCc1cccc(Br)c1. The van der Waals surface area contributed by atoms with Crippen molar-refractivity contribution < 1.29 is 4.79 Å². The quantitative estimate of drug-likeness (QED) is 0.823. The molecule has 0 bridgehead atoms. The first kappa shape index (κ1) is 16.3. The fourth-order valence-electron chi connectivity index (χ4n) is 2.04. The van der Waals surface area contributed by atoms with E-state index in [9.17, 15) is 4.79 Å². The van der Waals surface area contributed by atoms with E-state index in [4.69, 9.17) is 0 Å². The highest BCUT2D eigenvalue weighted by Crippen LogP contribution is 2.11. The highest BCUT2D eigenvalue weighted by Gasteiger charge is 1.98. The van der Waals surface area contributed by atoms with Crippen LogP contribution in [0.1, 0.15) is 16.7 Å². The third-order valence-corrected chi connectivity index (χ3v) is 3.75. The van der Waals surface area contributed by atoms with Crippen LogP contribution in [0.4, 0.5) is 4.79 Å². The topological polar surface area (TPSA) is 41.1 Å². The number of benzene rings is 2. The van der Waals surface area contributed by atoms with Crippen molar-refractivity contribution in [1.29, 1.82) is 0 Å². The van der Waals surface area contributed by atoms with Crippen molar-refractivity contribution in [3.05, 3.63) is 75.9 Å². The molecule has 0 unspecified atom stereocenters. The number of hydrogen-bond acceptors (Lipinski definition) is 1. The van der Waals surface area contributed by atoms with Gasteiger partial charge in [0, 0.05) is 17.2 Å². The summed E-state index contributed by atoms with van der Waals surface area (Å²) >= 11 is 3.44. The summed E-state index contributed by atoms with van der Waals surface area (Å²) in [5, 5.41) is 5.55. The maximum atomic E-state index is 11.7. The molecule has 0 saturated heterocycles. The number of amides is 2. The number of halogens is 1. The molecule has 0 fully saturated rings. The predicted octanol–water partition coefficient (Wildman–Crippen LogP) is 4.27. The van der Waals surface area contributed by atoms with E-state index in [1.807, 2.05) is 55.5 Å². The number of hydrogen-bond donors (Lipinski definition) is 2. The Morgan fingerprint density at radius 2 is 2.00 bits per heavy atom. The van der Waals surface area contributed by atoms with Crippen molar-refractivity contribution in [2.45, 2.75) is 13.3 Å². The van der Waals surface area contributed by atoms with E-state index in [0.29, 0.717) is 6.54 Å². The van der Waals surface area contributed by atoms with Crippen LogP contribution < -0.4 is 10.6 Å². The summed E-state index contributed by atoms with van der Waals surface area (Å²) in [6, 6.07) is 15.9. The zero-order valence-corrected chi connectivity index (χ0v) is 14.1. The lowest BCUT2D eigenvalue weighted by Gasteiger charge is -2.05. The molecular formula is C18H19BrN2O. The molecule has 114 valence electrons. The smallest absolute Gasteiger partial charge is 0.318 e. The molecule has 0 aliphatic rings. The van der Waals surface area contributed by atoms with Gasteiger partial charge in [0.2, 0.25) is 0 Å². The molecule has 4 heteroatoms. The molecule has 0 spiro atoms. The van der Waals surface area contributed by atoms with E-state index >= 15 is 0 Å². The Hall–Kier alpha value is -2.07. The van der Waals surface area contributed by atoms with E-state index in [1.54, 1.807) is 6.20 Å². The molecule has 0 aromatic heterocycles. The van der Waals surface area contributed by atoms with Gasteiger partial charge in [0.1, 0.15) is 0 Å². The molecule has 2 amide bonds. The lowest BCUT2D eigenvalue weighted by Crippen LogP contribution is -2.33. The Kier molecular flexibility index (Phi) is 6.22. The van der Waals surface area contributed by atoms with Crippen LogP contribution in [-0.4, -0.2) is 12.6 Å². The first-order valence-corrected chi connectivity index (χ1v) is 7.95. The van der Waals surface area contributed by atoms with Crippen LogP contribution in [0, 0.1) is 6.92 Å². The average molecular weight is 359 g/mol. The normalized spacial score (nSPS) is 10.6. The molecular weight excluding hydrogens is 340 g/mol. The standard InChI is InChI=1S/C18H19BrN2O/c1-14-5-2-3-7-16(14)10-12-21-18(22)20-11-9-15-6-4-8-17(19)13-15/h2-8,10,12-13H,9,11H2,1H3,(H2,20,21,22)/b12-10+. The monoisotopic (exact) mass is 358 g/mol. The van der Waals surface area contributed by atoms with E-state index in [1.165, 1.54) is 11.1 Å². The summed E-state index contributed by atoms with van der Waals surface area (Å²) in [5.74, 6) is 0. The zero-order chi connectivity index (χ0) is 15.8. The van der Waals surface area contributed by atoms with Gasteiger partial charge in [-0.05, 0) is 48.2 Å². The van der Waals surface area contributed by atoms with Gasteiger partial charge in [0.25, 0.3) is 0 Å². The van der Waals surface area contributed by atoms with Gasteiger partial charge in [0.15, 0.2) is 0 Å². The Labute approximate surface area is 139 Å². The lowest BCUT2D eigenvalue weighted by molar-refractivity contribution is 0.244. The summed E-state index contributed by atoms with van der Waals surface area (Å²) in [7, 11) is 0. The molecule has 22 heavy (non-hydrogen) atoms. The summed E-state index contributed by atoms with van der Waals surface area (Å²) in [5.41, 5.74) is 3.46. The van der Waals surface area contributed by atoms with Crippen LogP contribution in [0.15, 0.2) is 59.2 Å². The minimum absolute atomic E-state index is 0.195. The van der Waals surface area contributed by atoms with Crippen molar-refractivity contribution in [2.75, 3.05) is 6.54 Å². The van der Waals surface area contributed by atoms with Crippen LogP contribution >= 0.6 is 15.9 Å². The van der Waals surface area contributed by atoms with Crippen molar-refractivity contribution in [3.8, 4) is 0 Å². The minimum Gasteiger partial charge on any atom is -0.338 e. The molecule has 0 radical (unpaired) electrons. The first-order valence-electron chi connectivity index (χ1n) is 7.16. The number of urea groups is 1. The molecule has 0 saturated carbocycles. The highest BCUT2D eigenvalue weighted by atomic mass is 79.9. The number of aryl methyl sites for hydroxylation is 1. The summed E-state index contributed by atoms with van der Waals surface area (Å²) in [6.45, 7) is 2.64. The molecule has 2 rings (SSSR count). The van der Waals surface area contributed by atoms with Crippen molar-refractivity contribution in [3.63, 3.8) is 0 Å². The van der Waals surface area contributed by atoms with Crippen molar-refractivity contribution in [1.82, 2.24) is 10.6 Å². The Morgan fingerprint density at radius 1 is 1.18 bits per heavy atom. The zero-order valence-electron chi connectivity index (χ0n) is 12.5. The maximum Gasteiger partial charge on any atom is 0.318 e. The third-order valence-electron chi connectivity index (χ3n) is 3.25. The Bertz CT molecular complexity index is 668. The summed E-state index contributed by atoms with van der Waals surface area (Å²) in [4.78, 5) is 11.7. The van der Waals surface area contributed by atoms with Gasteiger partial charge < -0.3 is 10.6 Å². The molecule has 2 N–H and O–H groups in total. The predicted molar refractivity (Wildman–Crippen MR) is 94.6 cm³/mol. The molecule has 0 aliphatic heterocycles. The molecule has 3 nitrogen and oxygen atoms in total. The number of carbonyl (C=O) groups excluding carboxylic acids is 1. The number of rotatable bonds is 5. The summed E-state index contributed by atoms with van der Waals surface area (Å²) in [6.07, 6.45) is 4.36. The maximum absolute atomic E-state index is 11.7. The fraction of sp³-hybridized carbons (Fsp3) is 0.167.